The first-order valence-electron chi connectivity index (χ1n) is 11.7. The lowest BCUT2D eigenvalue weighted by atomic mass is 9.65. The number of Topliss-reactive ketones (excluding diaryl/α,β-unsaturated/α-hetero) is 1. The van der Waals surface area contributed by atoms with E-state index in [0.29, 0.717) is 6.42 Å². The molecule has 0 aromatic heterocycles. The number of rotatable bonds is 4. The number of carbonyl (C=O) groups excluding carboxylic acids is 1. The number of allylic oxidation sites excluding steroid dienone is 2. The Morgan fingerprint density at radius 2 is 1.66 bits per heavy atom. The SMILES string of the molecule is CCc1ccc(C2NNC3NC4=C(C(=O)CC(C)(C)C4)C(c4ccc(OC)cc4)C32)cc1. The average molecular weight is 432 g/mol. The highest BCUT2D eigenvalue weighted by Crippen LogP contribution is 2.51. The molecule has 0 bridgehead atoms. The number of hydrogen-bond acceptors (Lipinski definition) is 5. The molecule has 5 heteroatoms. The van der Waals surface area contributed by atoms with Crippen LogP contribution in [0.4, 0.5) is 0 Å². The number of nitrogens with one attached hydrogen (secondary N) is 3. The smallest absolute Gasteiger partial charge is 0.161 e. The lowest BCUT2D eigenvalue weighted by Gasteiger charge is -2.44. The van der Waals surface area contributed by atoms with E-state index in [1.54, 1.807) is 7.11 Å². The van der Waals surface area contributed by atoms with E-state index in [0.717, 1.165) is 29.9 Å². The fraction of sp³-hybridized carbons (Fsp3) is 0.444. The maximum atomic E-state index is 13.5. The molecule has 4 atom stereocenters. The molecule has 2 aliphatic heterocycles. The average Bonchev–Trinajstić information content (AvgIpc) is 3.20. The lowest BCUT2D eigenvalue weighted by Crippen LogP contribution is -2.51. The number of methoxy groups -OCH3 is 1. The van der Waals surface area contributed by atoms with Gasteiger partial charge in [-0.25, -0.2) is 10.9 Å². The Balaban J connectivity index is 1.61. The molecular formula is C27H33N3O2. The van der Waals surface area contributed by atoms with Crippen LogP contribution in [0.5, 0.6) is 5.75 Å². The summed E-state index contributed by atoms with van der Waals surface area (Å²) >= 11 is 0. The summed E-state index contributed by atoms with van der Waals surface area (Å²) in [6, 6.07) is 17.2. The highest BCUT2D eigenvalue weighted by molar-refractivity contribution is 5.99. The van der Waals surface area contributed by atoms with Crippen LogP contribution in [0, 0.1) is 11.3 Å². The number of ether oxygens (including phenoxy) is 1. The molecule has 0 saturated carbocycles. The van der Waals surface area contributed by atoms with E-state index in [-0.39, 0.29) is 35.2 Å². The molecule has 0 spiro atoms. The summed E-state index contributed by atoms with van der Waals surface area (Å²) in [5.74, 6) is 1.29. The van der Waals surface area contributed by atoms with Crippen molar-refractivity contribution in [1.82, 2.24) is 16.2 Å². The minimum Gasteiger partial charge on any atom is -0.497 e. The van der Waals surface area contributed by atoms with E-state index in [4.69, 9.17) is 4.74 Å². The summed E-state index contributed by atoms with van der Waals surface area (Å²) in [6.07, 6.45) is 2.56. The second kappa shape index (κ2) is 8.05. The number of hydrogen-bond donors (Lipinski definition) is 3. The Morgan fingerprint density at radius 1 is 0.969 bits per heavy atom. The summed E-state index contributed by atoms with van der Waals surface area (Å²) < 4.78 is 5.39. The lowest BCUT2D eigenvalue weighted by molar-refractivity contribution is -0.118. The Morgan fingerprint density at radius 3 is 2.31 bits per heavy atom. The van der Waals surface area contributed by atoms with Gasteiger partial charge in [-0.3, -0.25) is 4.79 Å². The molecule has 5 nitrogen and oxygen atoms in total. The second-order valence-electron chi connectivity index (χ2n) is 10.1. The van der Waals surface area contributed by atoms with E-state index >= 15 is 0 Å². The molecule has 2 heterocycles. The number of benzene rings is 2. The summed E-state index contributed by atoms with van der Waals surface area (Å²) in [6.45, 7) is 6.54. The zero-order valence-corrected chi connectivity index (χ0v) is 19.4. The van der Waals surface area contributed by atoms with Crippen molar-refractivity contribution in [2.45, 2.75) is 58.2 Å². The third-order valence-electron chi connectivity index (χ3n) is 7.33. The highest BCUT2D eigenvalue weighted by atomic mass is 16.5. The molecule has 3 aliphatic rings. The summed E-state index contributed by atoms with van der Waals surface area (Å²) in [5.41, 5.74) is 12.8. The normalized spacial score (nSPS) is 28.7. The van der Waals surface area contributed by atoms with Crippen LogP contribution in [0.15, 0.2) is 59.8 Å². The van der Waals surface area contributed by atoms with Gasteiger partial charge in [0.1, 0.15) is 5.75 Å². The standard InChI is InChI=1S/C27H33N3O2/c1-5-16-6-8-18(9-7-16)25-24-22(17-10-12-19(32-4)13-11-17)23-20(28-26(24)30-29-25)14-27(2,3)15-21(23)31/h6-13,22,24-26,28-30H,5,14-15H2,1-4H3. The fourth-order valence-corrected chi connectivity index (χ4v) is 5.75. The van der Waals surface area contributed by atoms with Gasteiger partial charge in [0.05, 0.1) is 19.3 Å². The number of fused-ring (bicyclic) bond motifs is 1. The number of carbonyl (C=O) groups is 1. The summed E-state index contributed by atoms with van der Waals surface area (Å²) in [7, 11) is 1.68. The number of hydrazine groups is 1. The van der Waals surface area contributed by atoms with Gasteiger partial charge in [-0.2, -0.15) is 0 Å². The van der Waals surface area contributed by atoms with Gasteiger partial charge in [-0.05, 0) is 47.1 Å². The second-order valence-corrected chi connectivity index (χ2v) is 10.1. The van der Waals surface area contributed by atoms with Crippen LogP contribution in [0.25, 0.3) is 0 Å². The zero-order valence-electron chi connectivity index (χ0n) is 19.4. The van der Waals surface area contributed by atoms with Crippen LogP contribution < -0.4 is 20.9 Å². The largest absolute Gasteiger partial charge is 0.497 e. The molecule has 0 amide bonds. The van der Waals surface area contributed by atoms with Crippen LogP contribution in [-0.4, -0.2) is 19.1 Å². The van der Waals surface area contributed by atoms with Crippen LogP contribution >= 0.6 is 0 Å². The molecule has 2 aromatic carbocycles. The fourth-order valence-electron chi connectivity index (χ4n) is 5.75. The molecular weight excluding hydrogens is 398 g/mol. The predicted molar refractivity (Wildman–Crippen MR) is 126 cm³/mol. The molecule has 168 valence electrons. The van der Waals surface area contributed by atoms with E-state index in [1.165, 1.54) is 16.7 Å². The van der Waals surface area contributed by atoms with Gasteiger partial charge in [0, 0.05) is 29.5 Å². The molecule has 32 heavy (non-hydrogen) atoms. The molecule has 4 unspecified atom stereocenters. The Kier molecular flexibility index (Phi) is 5.34. The molecule has 5 rings (SSSR count). The topological polar surface area (TPSA) is 62.4 Å². The van der Waals surface area contributed by atoms with E-state index in [2.05, 4.69) is 73.3 Å². The van der Waals surface area contributed by atoms with Gasteiger partial charge < -0.3 is 10.1 Å². The van der Waals surface area contributed by atoms with E-state index < -0.39 is 0 Å². The van der Waals surface area contributed by atoms with Crippen molar-refractivity contribution in [1.29, 1.82) is 0 Å². The minimum atomic E-state index is -0.0262. The zero-order chi connectivity index (χ0) is 22.5. The van der Waals surface area contributed by atoms with Gasteiger partial charge in [0.2, 0.25) is 0 Å². The van der Waals surface area contributed by atoms with Crippen molar-refractivity contribution in [2.24, 2.45) is 11.3 Å². The Bertz CT molecular complexity index is 1040. The molecule has 1 saturated heterocycles. The van der Waals surface area contributed by atoms with Crippen LogP contribution in [-0.2, 0) is 11.2 Å². The predicted octanol–water partition coefficient (Wildman–Crippen LogP) is 4.38. The maximum absolute atomic E-state index is 13.5. The van der Waals surface area contributed by atoms with Crippen molar-refractivity contribution < 1.29 is 9.53 Å². The maximum Gasteiger partial charge on any atom is 0.161 e. The minimum absolute atomic E-state index is 0.0177. The van der Waals surface area contributed by atoms with Gasteiger partial charge in [-0.1, -0.05) is 57.2 Å². The van der Waals surface area contributed by atoms with E-state index in [1.807, 2.05) is 12.1 Å². The monoisotopic (exact) mass is 431 g/mol. The Labute approximate surface area is 190 Å². The molecule has 3 N–H and O–H groups in total. The van der Waals surface area contributed by atoms with Crippen LogP contribution in [0.2, 0.25) is 0 Å². The van der Waals surface area contributed by atoms with Gasteiger partial charge in [0.25, 0.3) is 0 Å². The van der Waals surface area contributed by atoms with Crippen molar-refractivity contribution in [3.63, 3.8) is 0 Å². The molecule has 0 radical (unpaired) electrons. The van der Waals surface area contributed by atoms with E-state index in [9.17, 15) is 4.79 Å². The van der Waals surface area contributed by atoms with Crippen molar-refractivity contribution in [3.05, 3.63) is 76.5 Å². The molecule has 1 fully saturated rings. The van der Waals surface area contributed by atoms with Crippen molar-refractivity contribution in [2.75, 3.05) is 7.11 Å². The van der Waals surface area contributed by atoms with Crippen molar-refractivity contribution in [3.8, 4) is 5.75 Å². The third-order valence-corrected chi connectivity index (χ3v) is 7.33. The first-order chi connectivity index (χ1) is 15.4. The summed E-state index contributed by atoms with van der Waals surface area (Å²) in [5, 5.41) is 3.71. The van der Waals surface area contributed by atoms with Crippen LogP contribution in [0.3, 0.4) is 0 Å². The summed E-state index contributed by atoms with van der Waals surface area (Å²) in [4.78, 5) is 13.5. The molecule has 2 aromatic rings. The third kappa shape index (κ3) is 3.63. The first-order valence-corrected chi connectivity index (χ1v) is 11.7. The number of ketones is 1. The first kappa shape index (κ1) is 21.2. The van der Waals surface area contributed by atoms with Gasteiger partial charge in [0.15, 0.2) is 5.78 Å². The van der Waals surface area contributed by atoms with Crippen LogP contribution in [0.1, 0.15) is 62.3 Å². The van der Waals surface area contributed by atoms with Gasteiger partial charge >= 0.3 is 0 Å². The quantitative estimate of drug-likeness (QED) is 0.671. The van der Waals surface area contributed by atoms with Gasteiger partial charge in [-0.15, -0.1) is 0 Å². The molecule has 1 aliphatic carbocycles. The Hall–Kier alpha value is -2.63. The highest BCUT2D eigenvalue weighted by Gasteiger charge is 2.51. The van der Waals surface area contributed by atoms with Crippen molar-refractivity contribution >= 4 is 5.78 Å². The number of aryl methyl sites for hydroxylation is 1.